The van der Waals surface area contributed by atoms with E-state index in [0.717, 1.165) is 22.5 Å². The molecule has 162 valence electrons. The normalized spacial score (nSPS) is 10.5. The van der Waals surface area contributed by atoms with Gasteiger partial charge in [0.15, 0.2) is 11.4 Å². The number of aryl methyl sites for hydroxylation is 2. The molecule has 3 rings (SSSR count). The third-order valence-electron chi connectivity index (χ3n) is 4.60. The minimum atomic E-state index is -0.570. The Bertz CT molecular complexity index is 970. The number of rotatable bonds is 8. The van der Waals surface area contributed by atoms with Crippen LogP contribution in [0.1, 0.15) is 46.0 Å². The molecule has 0 fully saturated rings. The largest absolute Gasteiger partial charge is 0.461 e. The molecule has 7 heteroatoms. The van der Waals surface area contributed by atoms with Crippen LogP contribution in [0.2, 0.25) is 0 Å². The number of H-pyrrole nitrogens is 1. The summed E-state index contributed by atoms with van der Waals surface area (Å²) in [4.78, 5) is 28.3. The molecule has 0 aliphatic heterocycles. The summed E-state index contributed by atoms with van der Waals surface area (Å²) in [6.07, 6.45) is 0. The zero-order chi connectivity index (χ0) is 22.4. The van der Waals surface area contributed by atoms with E-state index in [4.69, 9.17) is 9.47 Å². The van der Waals surface area contributed by atoms with Crippen LogP contribution < -0.4 is 10.6 Å². The molecule has 0 aliphatic rings. The summed E-state index contributed by atoms with van der Waals surface area (Å²) in [6, 6.07) is 15.4. The molecule has 1 heterocycles. The van der Waals surface area contributed by atoms with Crippen molar-refractivity contribution in [2.45, 2.75) is 27.7 Å². The first-order chi connectivity index (χ1) is 14.9. The van der Waals surface area contributed by atoms with Crippen LogP contribution in [0.15, 0.2) is 48.5 Å². The lowest BCUT2D eigenvalue weighted by molar-refractivity contribution is 0.0517. The van der Waals surface area contributed by atoms with Crippen molar-refractivity contribution in [1.29, 1.82) is 0 Å². The third-order valence-corrected chi connectivity index (χ3v) is 4.60. The second kappa shape index (κ2) is 9.84. The molecule has 0 amide bonds. The number of anilines is 4. The van der Waals surface area contributed by atoms with Gasteiger partial charge >= 0.3 is 11.9 Å². The molecule has 0 bridgehead atoms. The zero-order valence-corrected chi connectivity index (χ0v) is 18.2. The van der Waals surface area contributed by atoms with E-state index in [1.54, 1.807) is 13.8 Å². The number of esters is 2. The van der Waals surface area contributed by atoms with Crippen LogP contribution in [0.5, 0.6) is 0 Å². The number of carbonyl (C=O) groups excluding carboxylic acids is 2. The molecule has 0 spiro atoms. The van der Waals surface area contributed by atoms with Crippen molar-refractivity contribution < 1.29 is 19.1 Å². The van der Waals surface area contributed by atoms with E-state index in [9.17, 15) is 9.59 Å². The number of hydrogen-bond acceptors (Lipinski definition) is 6. The number of carbonyl (C=O) groups is 2. The molecule has 2 aromatic carbocycles. The monoisotopic (exact) mass is 421 g/mol. The second-order valence-corrected chi connectivity index (χ2v) is 7.05. The maximum atomic E-state index is 12.7. The van der Waals surface area contributed by atoms with Gasteiger partial charge in [0.25, 0.3) is 0 Å². The lowest BCUT2D eigenvalue weighted by Crippen LogP contribution is -2.09. The SMILES string of the molecule is CCOC(=O)c1[nH]c(C(=O)OCC)c(Nc2ccc(C)cc2)c1Nc1ccc(C)cc1. The maximum Gasteiger partial charge on any atom is 0.357 e. The van der Waals surface area contributed by atoms with Crippen LogP contribution in [0, 0.1) is 13.8 Å². The Kier molecular flexibility index (Phi) is 6.97. The van der Waals surface area contributed by atoms with Gasteiger partial charge < -0.3 is 25.1 Å². The molecular formula is C24H27N3O4. The number of aromatic nitrogens is 1. The molecular weight excluding hydrogens is 394 g/mol. The fraction of sp³-hybridized carbons (Fsp3) is 0.250. The van der Waals surface area contributed by atoms with E-state index in [0.29, 0.717) is 11.4 Å². The Morgan fingerprint density at radius 2 is 1.06 bits per heavy atom. The molecule has 3 N–H and O–H groups in total. The van der Waals surface area contributed by atoms with Gasteiger partial charge in [-0.3, -0.25) is 0 Å². The number of benzene rings is 2. The van der Waals surface area contributed by atoms with E-state index in [2.05, 4.69) is 15.6 Å². The molecule has 0 saturated heterocycles. The smallest absolute Gasteiger partial charge is 0.357 e. The van der Waals surface area contributed by atoms with Gasteiger partial charge in [-0.05, 0) is 52.0 Å². The lowest BCUT2D eigenvalue weighted by atomic mass is 10.2. The fourth-order valence-corrected chi connectivity index (χ4v) is 3.03. The van der Waals surface area contributed by atoms with Crippen LogP contribution in [-0.2, 0) is 9.47 Å². The standard InChI is InChI=1S/C24H27N3O4/c1-5-30-23(28)21-19(25-17-11-7-15(3)8-12-17)20(22(27-21)24(29)31-6-2)26-18-13-9-16(4)10-14-18/h7-14,25-27H,5-6H2,1-4H3. The molecule has 0 aliphatic carbocycles. The number of nitrogens with one attached hydrogen (secondary N) is 3. The van der Waals surface area contributed by atoms with Crippen molar-refractivity contribution in [2.24, 2.45) is 0 Å². The number of aromatic amines is 1. The van der Waals surface area contributed by atoms with E-state index < -0.39 is 11.9 Å². The van der Waals surface area contributed by atoms with Gasteiger partial charge in [-0.1, -0.05) is 35.4 Å². The van der Waals surface area contributed by atoms with Gasteiger partial charge in [-0.2, -0.15) is 0 Å². The van der Waals surface area contributed by atoms with Gasteiger partial charge in [-0.15, -0.1) is 0 Å². The fourth-order valence-electron chi connectivity index (χ4n) is 3.03. The van der Waals surface area contributed by atoms with Crippen molar-refractivity contribution in [3.63, 3.8) is 0 Å². The van der Waals surface area contributed by atoms with Crippen LogP contribution in [-0.4, -0.2) is 30.1 Å². The second-order valence-electron chi connectivity index (χ2n) is 7.05. The molecule has 1 aromatic heterocycles. The highest BCUT2D eigenvalue weighted by atomic mass is 16.5. The molecule has 0 saturated carbocycles. The van der Waals surface area contributed by atoms with Crippen molar-refractivity contribution in [1.82, 2.24) is 4.98 Å². The summed E-state index contributed by atoms with van der Waals surface area (Å²) in [5.41, 5.74) is 4.83. The van der Waals surface area contributed by atoms with Crippen molar-refractivity contribution >= 4 is 34.7 Å². The Balaban J connectivity index is 2.13. The number of ether oxygens (including phenoxy) is 2. The summed E-state index contributed by atoms with van der Waals surface area (Å²) in [7, 11) is 0. The summed E-state index contributed by atoms with van der Waals surface area (Å²) < 4.78 is 10.4. The van der Waals surface area contributed by atoms with Crippen LogP contribution in [0.25, 0.3) is 0 Å². The summed E-state index contributed by atoms with van der Waals surface area (Å²) in [5, 5.41) is 6.51. The lowest BCUT2D eigenvalue weighted by Gasteiger charge is -2.13. The Labute approximate surface area is 181 Å². The first-order valence-corrected chi connectivity index (χ1v) is 10.2. The number of hydrogen-bond donors (Lipinski definition) is 3. The Hall–Kier alpha value is -3.74. The van der Waals surface area contributed by atoms with Gasteiger partial charge in [0, 0.05) is 11.4 Å². The van der Waals surface area contributed by atoms with Gasteiger partial charge in [0.1, 0.15) is 0 Å². The minimum absolute atomic E-state index is 0.139. The van der Waals surface area contributed by atoms with Crippen LogP contribution in [0.4, 0.5) is 22.7 Å². The predicted molar refractivity (Wildman–Crippen MR) is 122 cm³/mol. The summed E-state index contributed by atoms with van der Waals surface area (Å²) in [5.74, 6) is -1.14. The van der Waals surface area contributed by atoms with Crippen molar-refractivity contribution in [2.75, 3.05) is 23.8 Å². The van der Waals surface area contributed by atoms with Gasteiger partial charge in [-0.25, -0.2) is 9.59 Å². The first kappa shape index (κ1) is 22.0. The summed E-state index contributed by atoms with van der Waals surface area (Å²) >= 11 is 0. The highest BCUT2D eigenvalue weighted by Gasteiger charge is 2.28. The Morgan fingerprint density at radius 3 is 1.39 bits per heavy atom. The van der Waals surface area contributed by atoms with Crippen molar-refractivity contribution in [3.8, 4) is 0 Å². The highest BCUT2D eigenvalue weighted by Crippen LogP contribution is 2.36. The van der Waals surface area contributed by atoms with Crippen LogP contribution >= 0.6 is 0 Å². The molecule has 3 aromatic rings. The maximum absolute atomic E-state index is 12.7. The van der Waals surface area contributed by atoms with E-state index >= 15 is 0 Å². The molecule has 0 unspecified atom stereocenters. The molecule has 7 nitrogen and oxygen atoms in total. The average molecular weight is 421 g/mol. The van der Waals surface area contributed by atoms with E-state index in [1.807, 2.05) is 62.4 Å². The molecule has 0 atom stereocenters. The molecule has 31 heavy (non-hydrogen) atoms. The van der Waals surface area contributed by atoms with E-state index in [-0.39, 0.29) is 24.6 Å². The average Bonchev–Trinajstić information content (AvgIpc) is 3.10. The minimum Gasteiger partial charge on any atom is -0.461 e. The quantitative estimate of drug-likeness (QED) is 0.418. The highest BCUT2D eigenvalue weighted by molar-refractivity contribution is 6.07. The Morgan fingerprint density at radius 1 is 0.710 bits per heavy atom. The van der Waals surface area contributed by atoms with Gasteiger partial charge in [0.2, 0.25) is 0 Å². The molecule has 0 radical (unpaired) electrons. The zero-order valence-electron chi connectivity index (χ0n) is 18.2. The van der Waals surface area contributed by atoms with E-state index in [1.165, 1.54) is 0 Å². The van der Waals surface area contributed by atoms with Crippen LogP contribution in [0.3, 0.4) is 0 Å². The first-order valence-electron chi connectivity index (χ1n) is 10.2. The van der Waals surface area contributed by atoms with Gasteiger partial charge in [0.05, 0.1) is 24.6 Å². The predicted octanol–water partition coefficient (Wildman–Crippen LogP) is 5.47. The summed E-state index contributed by atoms with van der Waals surface area (Å²) in [6.45, 7) is 7.85. The van der Waals surface area contributed by atoms with Crippen molar-refractivity contribution in [3.05, 3.63) is 71.0 Å². The third kappa shape index (κ3) is 5.25. The topological polar surface area (TPSA) is 92.5 Å².